The highest BCUT2D eigenvalue weighted by atomic mass is 16.8. The SMILES string of the molecule is CCCC(OC)ON(C)C(=O)c1ccc(N)cc1. The summed E-state index contributed by atoms with van der Waals surface area (Å²) < 4.78 is 5.13. The molecule has 0 aliphatic carbocycles. The van der Waals surface area contributed by atoms with Crippen molar-refractivity contribution in [1.29, 1.82) is 0 Å². The van der Waals surface area contributed by atoms with Crippen molar-refractivity contribution >= 4 is 11.6 Å². The minimum absolute atomic E-state index is 0.229. The van der Waals surface area contributed by atoms with Crippen molar-refractivity contribution in [3.63, 3.8) is 0 Å². The number of hydroxylamine groups is 2. The lowest BCUT2D eigenvalue weighted by atomic mass is 10.2. The van der Waals surface area contributed by atoms with Gasteiger partial charge in [0, 0.05) is 31.8 Å². The van der Waals surface area contributed by atoms with E-state index in [0.717, 1.165) is 12.8 Å². The van der Waals surface area contributed by atoms with E-state index in [1.165, 1.54) is 5.06 Å². The van der Waals surface area contributed by atoms with Crippen LogP contribution in [0.4, 0.5) is 5.69 Å². The number of amides is 1. The summed E-state index contributed by atoms with van der Waals surface area (Å²) >= 11 is 0. The molecular weight excluding hydrogens is 232 g/mol. The third kappa shape index (κ3) is 4.01. The first-order valence-electron chi connectivity index (χ1n) is 5.91. The first-order chi connectivity index (χ1) is 8.58. The Morgan fingerprint density at radius 2 is 2.00 bits per heavy atom. The zero-order valence-electron chi connectivity index (χ0n) is 11.1. The number of carbonyl (C=O) groups is 1. The molecule has 1 rings (SSSR count). The molecule has 0 fully saturated rings. The molecular formula is C13H20N2O3. The van der Waals surface area contributed by atoms with Gasteiger partial charge in [-0.15, -0.1) is 0 Å². The van der Waals surface area contributed by atoms with E-state index in [0.29, 0.717) is 11.3 Å². The lowest BCUT2D eigenvalue weighted by molar-refractivity contribution is -0.239. The second kappa shape index (κ2) is 6.98. The van der Waals surface area contributed by atoms with Crippen LogP contribution >= 0.6 is 0 Å². The topological polar surface area (TPSA) is 64.8 Å². The Balaban J connectivity index is 2.63. The van der Waals surface area contributed by atoms with Crippen molar-refractivity contribution in [2.24, 2.45) is 0 Å². The molecule has 0 spiro atoms. The first-order valence-corrected chi connectivity index (χ1v) is 5.91. The number of anilines is 1. The maximum absolute atomic E-state index is 12.0. The van der Waals surface area contributed by atoms with Crippen LogP contribution in [-0.2, 0) is 9.57 Å². The number of nitrogens with two attached hydrogens (primary N) is 1. The first kappa shape index (κ1) is 14.5. The highest BCUT2D eigenvalue weighted by Crippen LogP contribution is 2.11. The fraction of sp³-hybridized carbons (Fsp3) is 0.462. The molecule has 18 heavy (non-hydrogen) atoms. The maximum Gasteiger partial charge on any atom is 0.277 e. The highest BCUT2D eigenvalue weighted by Gasteiger charge is 2.16. The molecule has 1 aromatic carbocycles. The summed E-state index contributed by atoms with van der Waals surface area (Å²) in [6.45, 7) is 2.02. The summed E-state index contributed by atoms with van der Waals surface area (Å²) in [6.07, 6.45) is 1.25. The Bertz CT molecular complexity index is 378. The molecule has 1 atom stereocenters. The molecule has 5 nitrogen and oxygen atoms in total. The van der Waals surface area contributed by atoms with Crippen molar-refractivity contribution in [1.82, 2.24) is 5.06 Å². The number of hydrogen-bond donors (Lipinski definition) is 1. The van der Waals surface area contributed by atoms with Crippen LogP contribution in [0.15, 0.2) is 24.3 Å². The zero-order valence-corrected chi connectivity index (χ0v) is 11.1. The number of hydrogen-bond acceptors (Lipinski definition) is 4. The van der Waals surface area contributed by atoms with Gasteiger partial charge in [0.15, 0.2) is 6.29 Å². The maximum atomic E-state index is 12.0. The van der Waals surface area contributed by atoms with Crippen molar-refractivity contribution in [3.05, 3.63) is 29.8 Å². The number of methoxy groups -OCH3 is 1. The van der Waals surface area contributed by atoms with Crippen molar-refractivity contribution < 1.29 is 14.4 Å². The fourth-order valence-corrected chi connectivity index (χ4v) is 1.48. The van der Waals surface area contributed by atoms with Crippen molar-refractivity contribution in [2.75, 3.05) is 19.9 Å². The zero-order chi connectivity index (χ0) is 13.5. The summed E-state index contributed by atoms with van der Waals surface area (Å²) in [5.74, 6) is -0.229. The van der Waals surface area contributed by atoms with Crippen LogP contribution in [0.25, 0.3) is 0 Å². The highest BCUT2D eigenvalue weighted by molar-refractivity contribution is 5.93. The van der Waals surface area contributed by atoms with Gasteiger partial charge in [-0.3, -0.25) is 4.79 Å². The van der Waals surface area contributed by atoms with Crippen LogP contribution in [-0.4, -0.2) is 31.4 Å². The molecule has 0 bridgehead atoms. The summed E-state index contributed by atoms with van der Waals surface area (Å²) in [7, 11) is 3.13. The smallest absolute Gasteiger partial charge is 0.277 e. The third-order valence-electron chi connectivity index (χ3n) is 2.51. The fourth-order valence-electron chi connectivity index (χ4n) is 1.48. The molecule has 1 unspecified atom stereocenters. The normalized spacial score (nSPS) is 12.2. The van der Waals surface area contributed by atoms with Crippen LogP contribution in [0.3, 0.4) is 0 Å². The van der Waals surface area contributed by atoms with Crippen LogP contribution in [0, 0.1) is 0 Å². The van der Waals surface area contributed by atoms with Crippen molar-refractivity contribution in [3.8, 4) is 0 Å². The van der Waals surface area contributed by atoms with Gasteiger partial charge in [0.2, 0.25) is 0 Å². The number of nitrogen functional groups attached to an aromatic ring is 1. The lowest BCUT2D eigenvalue weighted by Gasteiger charge is -2.22. The number of carbonyl (C=O) groups excluding carboxylic acids is 1. The standard InChI is InChI=1S/C13H20N2O3/c1-4-5-12(17-3)18-15(2)13(16)10-6-8-11(14)9-7-10/h6-9,12H,4-5,14H2,1-3H3. The van der Waals surface area contributed by atoms with Gasteiger partial charge >= 0.3 is 0 Å². The molecule has 0 aromatic heterocycles. The number of nitrogens with zero attached hydrogens (tertiary/aromatic N) is 1. The monoisotopic (exact) mass is 252 g/mol. The average molecular weight is 252 g/mol. The molecule has 2 N–H and O–H groups in total. The van der Waals surface area contributed by atoms with E-state index in [9.17, 15) is 4.79 Å². The van der Waals surface area contributed by atoms with Crippen LogP contribution in [0.2, 0.25) is 0 Å². The van der Waals surface area contributed by atoms with E-state index in [1.54, 1.807) is 38.4 Å². The van der Waals surface area contributed by atoms with Crippen LogP contribution < -0.4 is 5.73 Å². The summed E-state index contributed by atoms with van der Waals surface area (Å²) in [5, 5.41) is 1.19. The quantitative estimate of drug-likeness (QED) is 0.478. The Labute approximate surface area is 107 Å². The molecule has 0 radical (unpaired) electrons. The van der Waals surface area contributed by atoms with Gasteiger partial charge in [-0.1, -0.05) is 13.3 Å². The van der Waals surface area contributed by atoms with Crippen LogP contribution in [0.5, 0.6) is 0 Å². The molecule has 0 aliphatic rings. The van der Waals surface area contributed by atoms with E-state index in [1.807, 2.05) is 6.92 Å². The number of benzene rings is 1. The van der Waals surface area contributed by atoms with Gasteiger partial charge in [-0.2, -0.15) is 0 Å². The predicted octanol–water partition coefficient (Wildman–Crippen LogP) is 2.04. The molecule has 0 saturated heterocycles. The van der Waals surface area contributed by atoms with Gasteiger partial charge in [0.05, 0.1) is 0 Å². The number of rotatable bonds is 6. The summed E-state index contributed by atoms with van der Waals surface area (Å²) in [6, 6.07) is 6.69. The molecule has 5 heteroatoms. The Hall–Kier alpha value is -1.59. The van der Waals surface area contributed by atoms with Crippen LogP contribution in [0.1, 0.15) is 30.1 Å². The second-order valence-corrected chi connectivity index (χ2v) is 3.98. The van der Waals surface area contributed by atoms with Gasteiger partial charge < -0.3 is 10.5 Å². The number of ether oxygens (including phenoxy) is 1. The van der Waals surface area contributed by atoms with E-state index >= 15 is 0 Å². The van der Waals surface area contributed by atoms with Gasteiger partial charge in [-0.05, 0) is 24.3 Å². The molecule has 1 aromatic rings. The predicted molar refractivity (Wildman–Crippen MR) is 69.7 cm³/mol. The summed E-state index contributed by atoms with van der Waals surface area (Å²) in [4.78, 5) is 17.4. The Morgan fingerprint density at radius 1 is 1.39 bits per heavy atom. The lowest BCUT2D eigenvalue weighted by Crippen LogP contribution is -2.32. The van der Waals surface area contributed by atoms with Gasteiger partial charge in [-0.25, -0.2) is 9.90 Å². The van der Waals surface area contributed by atoms with Gasteiger partial charge in [0.1, 0.15) is 0 Å². The second-order valence-electron chi connectivity index (χ2n) is 3.98. The largest absolute Gasteiger partial charge is 0.399 e. The third-order valence-corrected chi connectivity index (χ3v) is 2.51. The van der Waals surface area contributed by atoms with Gasteiger partial charge in [0.25, 0.3) is 5.91 Å². The molecule has 100 valence electrons. The van der Waals surface area contributed by atoms with E-state index in [2.05, 4.69) is 0 Å². The molecule has 0 aliphatic heterocycles. The minimum atomic E-state index is -0.405. The Kier molecular flexibility index (Phi) is 5.61. The molecule has 0 saturated carbocycles. The Morgan fingerprint density at radius 3 is 2.50 bits per heavy atom. The minimum Gasteiger partial charge on any atom is -0.399 e. The van der Waals surface area contributed by atoms with E-state index in [4.69, 9.17) is 15.3 Å². The average Bonchev–Trinajstić information content (AvgIpc) is 2.38. The van der Waals surface area contributed by atoms with Crippen molar-refractivity contribution in [2.45, 2.75) is 26.1 Å². The molecule has 1 amide bonds. The van der Waals surface area contributed by atoms with E-state index in [-0.39, 0.29) is 5.91 Å². The molecule has 0 heterocycles. The summed E-state index contributed by atoms with van der Waals surface area (Å²) in [5.41, 5.74) is 6.72. The van der Waals surface area contributed by atoms with E-state index < -0.39 is 6.29 Å².